The van der Waals surface area contributed by atoms with Gasteiger partial charge in [-0.2, -0.15) is 18.3 Å². The van der Waals surface area contributed by atoms with Gasteiger partial charge in [0.1, 0.15) is 23.5 Å². The van der Waals surface area contributed by atoms with E-state index >= 15 is 0 Å². The first-order chi connectivity index (χ1) is 15.4. The van der Waals surface area contributed by atoms with Gasteiger partial charge in [0, 0.05) is 29.2 Å². The minimum Gasteiger partial charge on any atom is -0.320 e. The molecule has 1 saturated carbocycles. The molecule has 4 aromatic rings. The second kappa shape index (κ2) is 7.99. The Morgan fingerprint density at radius 2 is 2.06 bits per heavy atom. The zero-order chi connectivity index (χ0) is 22.5. The monoisotopic (exact) mass is 504 g/mol. The molecule has 3 heterocycles. The van der Waals surface area contributed by atoms with E-state index in [0.29, 0.717) is 22.5 Å². The van der Waals surface area contributed by atoms with Gasteiger partial charge < -0.3 is 4.57 Å². The Kier molecular flexibility index (Phi) is 5.27. The molecule has 1 aliphatic rings. The third kappa shape index (κ3) is 3.60. The molecule has 1 fully saturated rings. The molecule has 0 saturated heterocycles. The molecular formula is C22H20BrF3N6. The summed E-state index contributed by atoms with van der Waals surface area (Å²) in [5.74, 6) is 1.43. The fraction of sp³-hybridized carbons (Fsp3) is 0.364. The largest absolute Gasteiger partial charge is 0.433 e. The van der Waals surface area contributed by atoms with Crippen molar-refractivity contribution in [1.82, 2.24) is 29.9 Å². The van der Waals surface area contributed by atoms with Crippen molar-refractivity contribution in [2.24, 2.45) is 13.0 Å². The van der Waals surface area contributed by atoms with Crippen molar-refractivity contribution < 1.29 is 13.2 Å². The summed E-state index contributed by atoms with van der Waals surface area (Å²) in [6.07, 6.45) is 0.567. The Morgan fingerprint density at radius 3 is 2.69 bits per heavy atom. The second-order valence-corrected chi connectivity index (χ2v) is 8.74. The number of aromatic nitrogens is 6. The predicted molar refractivity (Wildman–Crippen MR) is 117 cm³/mol. The molecule has 1 atom stereocenters. The third-order valence-corrected chi connectivity index (χ3v) is 6.74. The maximum Gasteiger partial charge on any atom is 0.433 e. The normalized spacial score (nSPS) is 15.8. The van der Waals surface area contributed by atoms with Crippen molar-refractivity contribution in [3.05, 3.63) is 59.4 Å². The SMILES string of the molecule is Cn1cnnc1[C@@H](c1cccc(-c2n[nH]c3c(CBr)nc(C(F)(F)F)cc23)c1)C1CCC1. The molecule has 10 heteroatoms. The number of hydrogen-bond acceptors (Lipinski definition) is 4. The van der Waals surface area contributed by atoms with Crippen LogP contribution in [0.1, 0.15) is 48.0 Å². The Labute approximate surface area is 190 Å². The Morgan fingerprint density at radius 1 is 1.25 bits per heavy atom. The molecule has 166 valence electrons. The van der Waals surface area contributed by atoms with Gasteiger partial charge in [-0.1, -0.05) is 40.5 Å². The first-order valence-electron chi connectivity index (χ1n) is 10.3. The number of rotatable bonds is 5. The highest BCUT2D eigenvalue weighted by atomic mass is 79.9. The van der Waals surface area contributed by atoms with Gasteiger partial charge in [0.05, 0.1) is 11.2 Å². The van der Waals surface area contributed by atoms with E-state index in [1.807, 2.05) is 35.9 Å². The number of aryl methyl sites for hydroxylation is 1. The topological polar surface area (TPSA) is 72.3 Å². The molecule has 0 amide bonds. The summed E-state index contributed by atoms with van der Waals surface area (Å²) in [6, 6.07) is 8.91. The van der Waals surface area contributed by atoms with Gasteiger partial charge in [0.15, 0.2) is 0 Å². The number of pyridine rings is 1. The summed E-state index contributed by atoms with van der Waals surface area (Å²) >= 11 is 3.24. The van der Waals surface area contributed by atoms with Crippen LogP contribution in [0, 0.1) is 5.92 Å². The number of hydrogen-bond donors (Lipinski definition) is 1. The zero-order valence-electron chi connectivity index (χ0n) is 17.2. The molecule has 0 bridgehead atoms. The molecule has 1 aromatic carbocycles. The highest BCUT2D eigenvalue weighted by molar-refractivity contribution is 9.08. The number of nitrogens with zero attached hydrogens (tertiary/aromatic N) is 5. The van der Waals surface area contributed by atoms with E-state index in [-0.39, 0.29) is 16.9 Å². The number of nitrogens with one attached hydrogen (secondary N) is 1. The van der Waals surface area contributed by atoms with E-state index in [0.717, 1.165) is 35.9 Å². The van der Waals surface area contributed by atoms with Crippen LogP contribution in [0.15, 0.2) is 36.7 Å². The summed E-state index contributed by atoms with van der Waals surface area (Å²) in [7, 11) is 1.93. The summed E-state index contributed by atoms with van der Waals surface area (Å²) in [5.41, 5.74) is 2.13. The standard InChI is InChI=1S/C22H20BrF3N6/c1-32-11-27-31-21(32)18(12-4-2-5-12)13-6-3-7-14(8-13)19-15-9-17(22(24,25)26)28-16(10-23)20(15)30-29-19/h3,6-9,11-12,18H,2,4-5,10H2,1H3,(H,29,30)/t18-/m1/s1. The highest BCUT2D eigenvalue weighted by Crippen LogP contribution is 2.43. The molecule has 3 aromatic heterocycles. The van der Waals surface area contributed by atoms with E-state index < -0.39 is 11.9 Å². The average molecular weight is 505 g/mol. The first kappa shape index (κ1) is 21.1. The van der Waals surface area contributed by atoms with Gasteiger partial charge in [-0.25, -0.2) is 4.98 Å². The predicted octanol–water partition coefficient (Wildman–Crippen LogP) is 5.60. The number of halogens is 4. The van der Waals surface area contributed by atoms with Crippen molar-refractivity contribution in [2.45, 2.75) is 36.7 Å². The van der Waals surface area contributed by atoms with Crippen molar-refractivity contribution in [2.75, 3.05) is 0 Å². The molecular weight excluding hydrogens is 485 g/mol. The molecule has 0 aliphatic heterocycles. The minimum atomic E-state index is -4.54. The zero-order valence-corrected chi connectivity index (χ0v) is 18.8. The van der Waals surface area contributed by atoms with Crippen LogP contribution in [0.25, 0.3) is 22.2 Å². The van der Waals surface area contributed by atoms with Gasteiger partial charge in [-0.15, -0.1) is 10.2 Å². The van der Waals surface area contributed by atoms with Crippen LogP contribution in [0.2, 0.25) is 0 Å². The van der Waals surface area contributed by atoms with Crippen molar-refractivity contribution in [3.8, 4) is 11.3 Å². The Hall–Kier alpha value is -2.75. The molecule has 0 unspecified atom stereocenters. The lowest BCUT2D eigenvalue weighted by Crippen LogP contribution is -2.24. The fourth-order valence-electron chi connectivity index (χ4n) is 4.40. The number of H-pyrrole nitrogens is 1. The van der Waals surface area contributed by atoms with Gasteiger partial charge in [0.2, 0.25) is 0 Å². The molecule has 5 rings (SSSR count). The maximum atomic E-state index is 13.4. The van der Waals surface area contributed by atoms with E-state index in [2.05, 4.69) is 41.3 Å². The lowest BCUT2D eigenvalue weighted by atomic mass is 9.72. The molecule has 0 spiro atoms. The lowest BCUT2D eigenvalue weighted by molar-refractivity contribution is -0.141. The van der Waals surface area contributed by atoms with E-state index in [1.165, 1.54) is 6.42 Å². The summed E-state index contributed by atoms with van der Waals surface area (Å²) in [5, 5.41) is 16.2. The molecule has 0 radical (unpaired) electrons. The fourth-order valence-corrected chi connectivity index (χ4v) is 4.81. The van der Waals surface area contributed by atoms with Crippen LogP contribution in [0.5, 0.6) is 0 Å². The van der Waals surface area contributed by atoms with Gasteiger partial charge in [-0.3, -0.25) is 5.10 Å². The molecule has 6 nitrogen and oxygen atoms in total. The smallest absolute Gasteiger partial charge is 0.320 e. The molecule has 32 heavy (non-hydrogen) atoms. The van der Waals surface area contributed by atoms with Crippen LogP contribution < -0.4 is 0 Å². The second-order valence-electron chi connectivity index (χ2n) is 8.17. The van der Waals surface area contributed by atoms with Crippen LogP contribution in [0.4, 0.5) is 13.2 Å². The minimum absolute atomic E-state index is 0.0758. The first-order valence-corrected chi connectivity index (χ1v) is 11.4. The van der Waals surface area contributed by atoms with Crippen molar-refractivity contribution in [1.29, 1.82) is 0 Å². The molecule has 1 aliphatic carbocycles. The van der Waals surface area contributed by atoms with E-state index in [1.54, 1.807) is 6.33 Å². The maximum absolute atomic E-state index is 13.4. The lowest BCUT2D eigenvalue weighted by Gasteiger charge is -2.33. The van der Waals surface area contributed by atoms with Crippen molar-refractivity contribution in [3.63, 3.8) is 0 Å². The van der Waals surface area contributed by atoms with Gasteiger partial charge >= 0.3 is 6.18 Å². The molecule has 1 N–H and O–H groups in total. The summed E-state index contributed by atoms with van der Waals surface area (Å²) in [4.78, 5) is 3.77. The Bertz CT molecular complexity index is 1270. The van der Waals surface area contributed by atoms with Gasteiger partial charge in [0.25, 0.3) is 0 Å². The van der Waals surface area contributed by atoms with Crippen LogP contribution in [-0.4, -0.2) is 29.9 Å². The third-order valence-electron chi connectivity index (χ3n) is 6.21. The summed E-state index contributed by atoms with van der Waals surface area (Å²) in [6.45, 7) is 0. The van der Waals surface area contributed by atoms with E-state index in [4.69, 9.17) is 0 Å². The Balaban J connectivity index is 1.64. The van der Waals surface area contributed by atoms with Crippen molar-refractivity contribution >= 4 is 26.8 Å². The number of fused-ring (bicyclic) bond motifs is 1. The summed E-state index contributed by atoms with van der Waals surface area (Å²) < 4.78 is 42.3. The average Bonchev–Trinajstić information content (AvgIpc) is 3.35. The number of benzene rings is 1. The number of aromatic amines is 1. The van der Waals surface area contributed by atoms with Crippen LogP contribution >= 0.6 is 15.9 Å². The van der Waals surface area contributed by atoms with Crippen LogP contribution in [0.3, 0.4) is 0 Å². The van der Waals surface area contributed by atoms with Gasteiger partial charge in [-0.05, 0) is 36.5 Å². The quantitative estimate of drug-likeness (QED) is 0.359. The number of alkyl halides is 4. The van der Waals surface area contributed by atoms with Crippen LogP contribution in [-0.2, 0) is 18.6 Å². The highest BCUT2D eigenvalue weighted by Gasteiger charge is 2.35. The van der Waals surface area contributed by atoms with E-state index in [9.17, 15) is 13.2 Å².